The Labute approximate surface area is 160 Å². The number of nitrogens with two attached hydrogens (primary N) is 1. The average molecular weight is 371 g/mol. The van der Waals surface area contributed by atoms with Crippen LogP contribution in [0.25, 0.3) is 6.08 Å². The molecule has 5 heteroatoms. The molecule has 2 aliphatic rings. The summed E-state index contributed by atoms with van der Waals surface area (Å²) in [5.41, 5.74) is 7.04. The lowest BCUT2D eigenvalue weighted by Gasteiger charge is -2.24. The Morgan fingerprint density at radius 1 is 0.778 bits per heavy atom. The van der Waals surface area contributed by atoms with Crippen LogP contribution in [-0.4, -0.2) is 24.1 Å². The maximum atomic E-state index is 12.7. The van der Waals surface area contributed by atoms with Crippen molar-refractivity contribution in [3.63, 3.8) is 0 Å². The predicted octanol–water partition coefficient (Wildman–Crippen LogP) is 4.40. The smallest absolute Gasteiger partial charge is 0.345 e. The van der Waals surface area contributed by atoms with Gasteiger partial charge in [0.05, 0.1) is 0 Å². The molecule has 0 unspecified atom stereocenters. The number of ether oxygens (including phenoxy) is 2. The van der Waals surface area contributed by atoms with Gasteiger partial charge in [0.25, 0.3) is 0 Å². The van der Waals surface area contributed by atoms with E-state index in [4.69, 9.17) is 15.2 Å². The van der Waals surface area contributed by atoms with Gasteiger partial charge in [-0.15, -0.1) is 0 Å². The first-order valence-electron chi connectivity index (χ1n) is 10.1. The molecule has 0 aromatic heterocycles. The van der Waals surface area contributed by atoms with E-state index < -0.39 is 11.9 Å². The van der Waals surface area contributed by atoms with Gasteiger partial charge < -0.3 is 15.2 Å². The maximum absolute atomic E-state index is 12.7. The van der Waals surface area contributed by atoms with Crippen LogP contribution in [0.2, 0.25) is 0 Å². The van der Waals surface area contributed by atoms with Crippen molar-refractivity contribution in [3.05, 3.63) is 35.4 Å². The summed E-state index contributed by atoms with van der Waals surface area (Å²) in [6.07, 6.45) is 11.3. The highest BCUT2D eigenvalue weighted by molar-refractivity contribution is 6.17. The van der Waals surface area contributed by atoms with Gasteiger partial charge in [0.2, 0.25) is 0 Å². The summed E-state index contributed by atoms with van der Waals surface area (Å²) < 4.78 is 11.3. The SMILES string of the molecule is Nc1ccc(C=C(C(=O)OC2CCCCC2)C(=O)OC2CCCCC2)cc1. The number of carbonyl (C=O) groups excluding carboxylic acids is 2. The number of esters is 2. The Bertz CT molecular complexity index is 634. The standard InChI is InChI=1S/C22H29NO4/c23-17-13-11-16(12-14-17)15-20(21(24)26-18-7-3-1-4-8-18)22(25)27-19-9-5-2-6-10-19/h11-15,18-19H,1-10,23H2. The van der Waals surface area contributed by atoms with Gasteiger partial charge in [-0.1, -0.05) is 25.0 Å². The zero-order chi connectivity index (χ0) is 19.1. The molecule has 1 aromatic carbocycles. The highest BCUT2D eigenvalue weighted by atomic mass is 16.6. The van der Waals surface area contributed by atoms with E-state index in [0.717, 1.165) is 56.9 Å². The van der Waals surface area contributed by atoms with Crippen LogP contribution in [0.3, 0.4) is 0 Å². The number of hydrogen-bond acceptors (Lipinski definition) is 5. The summed E-state index contributed by atoms with van der Waals surface area (Å²) in [4.78, 5) is 25.5. The van der Waals surface area contributed by atoms with Crippen LogP contribution in [-0.2, 0) is 19.1 Å². The number of nitrogen functional groups attached to an aromatic ring is 1. The molecular weight excluding hydrogens is 342 g/mol. The number of benzene rings is 1. The maximum Gasteiger partial charge on any atom is 0.345 e. The first-order chi connectivity index (χ1) is 13.1. The first-order valence-corrected chi connectivity index (χ1v) is 10.1. The predicted molar refractivity (Wildman–Crippen MR) is 105 cm³/mol. The highest BCUT2D eigenvalue weighted by Crippen LogP contribution is 2.24. The first kappa shape index (κ1) is 19.5. The van der Waals surface area contributed by atoms with E-state index in [-0.39, 0.29) is 17.8 Å². The van der Waals surface area contributed by atoms with Crippen molar-refractivity contribution < 1.29 is 19.1 Å². The van der Waals surface area contributed by atoms with Gasteiger partial charge in [-0.2, -0.15) is 0 Å². The molecule has 5 nitrogen and oxygen atoms in total. The van der Waals surface area contributed by atoms with Crippen LogP contribution in [0, 0.1) is 0 Å². The van der Waals surface area contributed by atoms with Gasteiger partial charge in [-0.3, -0.25) is 0 Å². The summed E-state index contributed by atoms with van der Waals surface area (Å²) >= 11 is 0. The van der Waals surface area contributed by atoms with Crippen LogP contribution in [0.4, 0.5) is 5.69 Å². The van der Waals surface area contributed by atoms with E-state index in [9.17, 15) is 9.59 Å². The lowest BCUT2D eigenvalue weighted by Crippen LogP contribution is -2.28. The van der Waals surface area contributed by atoms with Crippen LogP contribution >= 0.6 is 0 Å². The van der Waals surface area contributed by atoms with E-state index >= 15 is 0 Å². The molecule has 2 fully saturated rings. The fraction of sp³-hybridized carbons (Fsp3) is 0.545. The Kier molecular flexibility index (Phi) is 6.91. The van der Waals surface area contributed by atoms with Gasteiger partial charge in [0.1, 0.15) is 17.8 Å². The van der Waals surface area contributed by atoms with Crippen LogP contribution in [0.15, 0.2) is 29.8 Å². The Morgan fingerprint density at radius 3 is 1.67 bits per heavy atom. The molecule has 2 saturated carbocycles. The van der Waals surface area contributed by atoms with Crippen molar-refractivity contribution in [2.45, 2.75) is 76.4 Å². The number of hydrogen-bond donors (Lipinski definition) is 1. The summed E-state index contributed by atoms with van der Waals surface area (Å²) in [7, 11) is 0. The number of carbonyl (C=O) groups is 2. The van der Waals surface area contributed by atoms with Crippen LogP contribution in [0.1, 0.15) is 69.8 Å². The molecule has 0 heterocycles. The second-order valence-electron chi connectivity index (χ2n) is 7.56. The quantitative estimate of drug-likeness (QED) is 0.273. The minimum atomic E-state index is -0.584. The zero-order valence-corrected chi connectivity index (χ0v) is 15.8. The molecule has 0 spiro atoms. The molecule has 0 radical (unpaired) electrons. The summed E-state index contributed by atoms with van der Waals surface area (Å²) in [5, 5.41) is 0. The van der Waals surface area contributed by atoms with Crippen molar-refractivity contribution in [2.75, 3.05) is 5.73 Å². The molecule has 27 heavy (non-hydrogen) atoms. The molecule has 0 saturated heterocycles. The minimum absolute atomic E-state index is 0.0316. The Hall–Kier alpha value is -2.30. The fourth-order valence-corrected chi connectivity index (χ4v) is 3.76. The van der Waals surface area contributed by atoms with Gasteiger partial charge in [-0.05, 0) is 75.1 Å². The van der Waals surface area contributed by atoms with Crippen molar-refractivity contribution in [1.29, 1.82) is 0 Å². The zero-order valence-electron chi connectivity index (χ0n) is 15.8. The highest BCUT2D eigenvalue weighted by Gasteiger charge is 2.28. The summed E-state index contributed by atoms with van der Waals surface area (Å²) in [6.45, 7) is 0. The lowest BCUT2D eigenvalue weighted by molar-refractivity contribution is -0.154. The van der Waals surface area contributed by atoms with Gasteiger partial charge in [-0.25, -0.2) is 9.59 Å². The molecule has 0 bridgehead atoms. The summed E-state index contributed by atoms with van der Waals surface area (Å²) in [6, 6.07) is 7.03. The largest absolute Gasteiger partial charge is 0.459 e. The van der Waals surface area contributed by atoms with E-state index in [2.05, 4.69) is 0 Å². The van der Waals surface area contributed by atoms with E-state index in [1.807, 2.05) is 0 Å². The Balaban J connectivity index is 1.75. The lowest BCUT2D eigenvalue weighted by atomic mass is 9.97. The molecule has 0 amide bonds. The van der Waals surface area contributed by atoms with E-state index in [1.54, 1.807) is 30.3 Å². The second-order valence-corrected chi connectivity index (χ2v) is 7.56. The molecule has 0 aliphatic heterocycles. The van der Waals surface area contributed by atoms with E-state index in [0.29, 0.717) is 5.69 Å². The number of rotatable bonds is 5. The van der Waals surface area contributed by atoms with Crippen molar-refractivity contribution >= 4 is 23.7 Å². The topological polar surface area (TPSA) is 78.6 Å². The summed E-state index contributed by atoms with van der Waals surface area (Å²) in [5.74, 6) is -1.17. The van der Waals surface area contributed by atoms with Gasteiger partial charge >= 0.3 is 11.9 Å². The molecule has 2 N–H and O–H groups in total. The normalized spacial score (nSPS) is 18.5. The van der Waals surface area contributed by atoms with Gasteiger partial charge in [0, 0.05) is 5.69 Å². The van der Waals surface area contributed by atoms with Crippen molar-refractivity contribution in [1.82, 2.24) is 0 Å². The molecule has 1 aromatic rings. The van der Waals surface area contributed by atoms with Crippen molar-refractivity contribution in [2.24, 2.45) is 0 Å². The third-order valence-corrected chi connectivity index (χ3v) is 5.34. The molecule has 2 aliphatic carbocycles. The molecule has 3 rings (SSSR count). The van der Waals surface area contributed by atoms with E-state index in [1.165, 1.54) is 12.8 Å². The Morgan fingerprint density at radius 2 is 1.22 bits per heavy atom. The van der Waals surface area contributed by atoms with Gasteiger partial charge in [0.15, 0.2) is 0 Å². The second kappa shape index (κ2) is 9.58. The third-order valence-electron chi connectivity index (χ3n) is 5.34. The van der Waals surface area contributed by atoms with Crippen molar-refractivity contribution in [3.8, 4) is 0 Å². The molecule has 146 valence electrons. The fourth-order valence-electron chi connectivity index (χ4n) is 3.76. The van der Waals surface area contributed by atoms with Crippen LogP contribution < -0.4 is 5.73 Å². The number of anilines is 1. The molecule has 0 atom stereocenters. The molecular formula is C22H29NO4. The average Bonchev–Trinajstić information content (AvgIpc) is 2.69. The minimum Gasteiger partial charge on any atom is -0.459 e. The monoisotopic (exact) mass is 371 g/mol. The third kappa shape index (κ3) is 5.84. The van der Waals surface area contributed by atoms with Crippen LogP contribution in [0.5, 0.6) is 0 Å².